The molecule has 1 amide bonds. The Kier molecular flexibility index (Phi) is 6.73. The van der Waals surface area contributed by atoms with Crippen molar-refractivity contribution in [2.24, 2.45) is 0 Å². The normalized spacial score (nSPS) is 18.0. The van der Waals surface area contributed by atoms with E-state index in [1.807, 2.05) is 30.3 Å². The van der Waals surface area contributed by atoms with Gasteiger partial charge >= 0.3 is 5.97 Å². The van der Waals surface area contributed by atoms with Gasteiger partial charge in [-0.2, -0.15) is 4.31 Å². The first-order valence-corrected chi connectivity index (χ1v) is 11.1. The number of anilines is 1. The molecule has 0 bridgehead atoms. The molecule has 1 fully saturated rings. The molecule has 0 aliphatic carbocycles. The fraction of sp³-hybridized carbons (Fsp3) is 0.333. The molecule has 0 spiro atoms. The Morgan fingerprint density at radius 3 is 2.47 bits per heavy atom. The maximum Gasteiger partial charge on any atom is 0.328 e. The molecular formula is C21H25N3O5S. The van der Waals surface area contributed by atoms with Gasteiger partial charge in [0.25, 0.3) is 0 Å². The molecule has 0 saturated carbocycles. The molecule has 3 rings (SSSR count). The number of esters is 1. The van der Waals surface area contributed by atoms with Crippen molar-refractivity contribution in [3.05, 3.63) is 60.2 Å². The van der Waals surface area contributed by atoms with Gasteiger partial charge < -0.3 is 15.8 Å². The number of sulfonamides is 1. The molecule has 1 saturated heterocycles. The highest BCUT2D eigenvalue weighted by atomic mass is 32.2. The number of nitrogens with one attached hydrogen (secondary N) is 1. The minimum atomic E-state index is -3.87. The minimum Gasteiger partial charge on any atom is -0.467 e. The number of nitrogens with zero attached hydrogens (tertiary/aromatic N) is 1. The number of methoxy groups -OCH3 is 1. The van der Waals surface area contributed by atoms with E-state index >= 15 is 0 Å². The third-order valence-corrected chi connectivity index (χ3v) is 7.00. The second-order valence-electron chi connectivity index (χ2n) is 7.12. The van der Waals surface area contributed by atoms with Crippen molar-refractivity contribution < 1.29 is 22.7 Å². The van der Waals surface area contributed by atoms with Gasteiger partial charge in [-0.15, -0.1) is 0 Å². The predicted molar refractivity (Wildman–Crippen MR) is 112 cm³/mol. The van der Waals surface area contributed by atoms with Crippen molar-refractivity contribution in [3.8, 4) is 0 Å². The first-order chi connectivity index (χ1) is 14.3. The number of nitrogens with two attached hydrogens (primary N) is 1. The summed E-state index contributed by atoms with van der Waals surface area (Å²) in [7, 11) is -2.62. The second-order valence-corrected chi connectivity index (χ2v) is 9.01. The topological polar surface area (TPSA) is 119 Å². The summed E-state index contributed by atoms with van der Waals surface area (Å²) in [5, 5.41) is 2.68. The Morgan fingerprint density at radius 1 is 1.17 bits per heavy atom. The summed E-state index contributed by atoms with van der Waals surface area (Å²) in [6.45, 7) is 0.229. The summed E-state index contributed by atoms with van der Waals surface area (Å²) in [6.07, 6.45) is 1.17. The molecule has 9 heteroatoms. The largest absolute Gasteiger partial charge is 0.467 e. The summed E-state index contributed by atoms with van der Waals surface area (Å²) >= 11 is 0. The molecule has 1 aliphatic rings. The van der Waals surface area contributed by atoms with Crippen molar-refractivity contribution in [3.63, 3.8) is 0 Å². The maximum absolute atomic E-state index is 13.0. The average Bonchev–Trinajstić information content (AvgIpc) is 3.25. The van der Waals surface area contributed by atoms with Crippen molar-refractivity contribution >= 4 is 27.6 Å². The van der Waals surface area contributed by atoms with E-state index < -0.39 is 34.0 Å². The lowest BCUT2D eigenvalue weighted by Crippen LogP contribution is -2.51. The summed E-state index contributed by atoms with van der Waals surface area (Å²) in [6, 6.07) is 13.3. The van der Waals surface area contributed by atoms with E-state index in [-0.39, 0.29) is 17.9 Å². The first kappa shape index (κ1) is 21.8. The molecule has 2 aromatic rings. The smallest absolute Gasteiger partial charge is 0.328 e. The predicted octanol–water partition coefficient (Wildman–Crippen LogP) is 1.32. The van der Waals surface area contributed by atoms with E-state index in [1.54, 1.807) is 0 Å². The van der Waals surface area contributed by atoms with Gasteiger partial charge in [-0.05, 0) is 42.7 Å². The summed E-state index contributed by atoms with van der Waals surface area (Å²) < 4.78 is 32.1. The Bertz CT molecular complexity index is 993. The van der Waals surface area contributed by atoms with E-state index in [1.165, 1.54) is 35.7 Å². The quantitative estimate of drug-likeness (QED) is 0.504. The van der Waals surface area contributed by atoms with Gasteiger partial charge in [-0.25, -0.2) is 13.2 Å². The molecule has 0 aromatic heterocycles. The number of nitrogen functional groups attached to an aromatic ring is 1. The summed E-state index contributed by atoms with van der Waals surface area (Å²) in [5.74, 6) is -1.10. The number of hydrogen-bond donors (Lipinski definition) is 2. The van der Waals surface area contributed by atoms with Crippen LogP contribution >= 0.6 is 0 Å². The zero-order valence-corrected chi connectivity index (χ0v) is 17.5. The van der Waals surface area contributed by atoms with Crippen LogP contribution in [0.5, 0.6) is 0 Å². The lowest BCUT2D eigenvalue weighted by Gasteiger charge is -2.25. The Hall–Kier alpha value is -2.91. The Balaban J connectivity index is 1.78. The van der Waals surface area contributed by atoms with Gasteiger partial charge in [0.05, 0.1) is 12.0 Å². The molecular weight excluding hydrogens is 406 g/mol. The maximum atomic E-state index is 13.0. The SMILES string of the molecule is COC(=O)[C@H](Cc1ccccc1)NC(=O)[C@@H]1CCCN1S(=O)(=O)c1ccc(N)cc1. The summed E-state index contributed by atoms with van der Waals surface area (Å²) in [5.41, 5.74) is 6.95. The van der Waals surface area contributed by atoms with Crippen LogP contribution in [-0.2, 0) is 30.8 Å². The molecule has 1 aliphatic heterocycles. The first-order valence-electron chi connectivity index (χ1n) is 9.62. The Labute approximate surface area is 176 Å². The fourth-order valence-electron chi connectivity index (χ4n) is 3.52. The number of carbonyl (C=O) groups excluding carboxylic acids is 2. The molecule has 2 atom stereocenters. The van der Waals surface area contributed by atoms with Gasteiger partial charge in [0.1, 0.15) is 12.1 Å². The molecule has 1 heterocycles. The summed E-state index contributed by atoms with van der Waals surface area (Å²) in [4.78, 5) is 25.3. The van der Waals surface area contributed by atoms with Crippen molar-refractivity contribution in [1.82, 2.24) is 9.62 Å². The molecule has 3 N–H and O–H groups in total. The van der Waals surface area contributed by atoms with E-state index in [2.05, 4.69) is 5.32 Å². The highest BCUT2D eigenvalue weighted by Crippen LogP contribution is 2.27. The van der Waals surface area contributed by atoms with E-state index in [9.17, 15) is 18.0 Å². The minimum absolute atomic E-state index is 0.0743. The van der Waals surface area contributed by atoms with Crippen LogP contribution in [-0.4, -0.2) is 50.3 Å². The van der Waals surface area contributed by atoms with Crippen LogP contribution in [0.25, 0.3) is 0 Å². The van der Waals surface area contributed by atoms with E-state index in [0.29, 0.717) is 18.5 Å². The van der Waals surface area contributed by atoms with Gasteiger partial charge in [0.2, 0.25) is 15.9 Å². The monoisotopic (exact) mass is 431 g/mol. The fourth-order valence-corrected chi connectivity index (χ4v) is 5.17. The van der Waals surface area contributed by atoms with Crippen LogP contribution in [0, 0.1) is 0 Å². The number of ether oxygens (including phenoxy) is 1. The molecule has 8 nitrogen and oxygen atoms in total. The zero-order valence-electron chi connectivity index (χ0n) is 16.7. The number of carbonyl (C=O) groups is 2. The van der Waals surface area contributed by atoms with Gasteiger partial charge in [-0.1, -0.05) is 30.3 Å². The number of benzene rings is 2. The third kappa shape index (κ3) is 4.80. The zero-order chi connectivity index (χ0) is 21.7. The van der Waals surface area contributed by atoms with Crippen molar-refractivity contribution in [1.29, 1.82) is 0 Å². The van der Waals surface area contributed by atoms with Gasteiger partial charge in [0.15, 0.2) is 0 Å². The van der Waals surface area contributed by atoms with Crippen LogP contribution in [0.15, 0.2) is 59.5 Å². The molecule has 0 radical (unpaired) electrons. The number of amides is 1. The van der Waals surface area contributed by atoms with Gasteiger partial charge in [0, 0.05) is 18.7 Å². The van der Waals surface area contributed by atoms with Crippen molar-refractivity contribution in [2.75, 3.05) is 19.4 Å². The van der Waals surface area contributed by atoms with Crippen LogP contribution in [0.3, 0.4) is 0 Å². The highest BCUT2D eigenvalue weighted by Gasteiger charge is 2.40. The lowest BCUT2D eigenvalue weighted by molar-refractivity contribution is -0.145. The molecule has 2 aromatic carbocycles. The highest BCUT2D eigenvalue weighted by molar-refractivity contribution is 7.89. The van der Waals surface area contributed by atoms with Crippen LogP contribution < -0.4 is 11.1 Å². The lowest BCUT2D eigenvalue weighted by atomic mass is 10.1. The number of rotatable bonds is 7. The van der Waals surface area contributed by atoms with Crippen LogP contribution in [0.4, 0.5) is 5.69 Å². The molecule has 0 unspecified atom stereocenters. The van der Waals surface area contributed by atoms with E-state index in [0.717, 1.165) is 5.56 Å². The second kappa shape index (κ2) is 9.27. The third-order valence-electron chi connectivity index (χ3n) is 5.08. The average molecular weight is 432 g/mol. The van der Waals surface area contributed by atoms with Crippen LogP contribution in [0.1, 0.15) is 18.4 Å². The molecule has 160 valence electrons. The number of hydrogen-bond acceptors (Lipinski definition) is 6. The van der Waals surface area contributed by atoms with Gasteiger partial charge in [-0.3, -0.25) is 4.79 Å². The van der Waals surface area contributed by atoms with Crippen LogP contribution in [0.2, 0.25) is 0 Å². The Morgan fingerprint density at radius 2 is 1.83 bits per heavy atom. The molecule has 30 heavy (non-hydrogen) atoms. The van der Waals surface area contributed by atoms with Crippen molar-refractivity contribution in [2.45, 2.75) is 36.2 Å². The van der Waals surface area contributed by atoms with E-state index in [4.69, 9.17) is 10.5 Å². The standard InChI is InChI=1S/C21H25N3O5S/c1-29-21(26)18(14-15-6-3-2-4-7-15)23-20(25)19-8-5-13-24(19)30(27,28)17-11-9-16(22)10-12-17/h2-4,6-7,9-12,18-19H,5,8,13-14,22H2,1H3,(H,23,25)/t18-,19-/m0/s1.